The first-order valence-corrected chi connectivity index (χ1v) is 8.35. The van der Waals surface area contributed by atoms with E-state index in [9.17, 15) is 9.59 Å². The molecule has 0 aliphatic rings. The molecule has 0 saturated carbocycles. The predicted octanol–water partition coefficient (Wildman–Crippen LogP) is 3.50. The highest BCUT2D eigenvalue weighted by Crippen LogP contribution is 2.23. The topological polar surface area (TPSA) is 81.4 Å². The van der Waals surface area contributed by atoms with Gasteiger partial charge in [0, 0.05) is 11.8 Å². The standard InChI is InChI=1S/C21H24N2O3/c1-21(2,3)16-7-9-17(10-8-16)23-20(25)13-6-15-4-11-18(12-5-15)26-14-19(22)24/h4-13H,14H2,1-3H3,(H2,22,24)(H,23,25)/b13-6+. The highest BCUT2D eigenvalue weighted by Gasteiger charge is 2.12. The van der Waals surface area contributed by atoms with Gasteiger partial charge in [0.2, 0.25) is 5.91 Å². The van der Waals surface area contributed by atoms with E-state index in [4.69, 9.17) is 10.5 Å². The van der Waals surface area contributed by atoms with E-state index in [2.05, 4.69) is 26.1 Å². The Morgan fingerprint density at radius 2 is 1.65 bits per heavy atom. The average Bonchev–Trinajstić information content (AvgIpc) is 2.58. The number of rotatable bonds is 6. The molecule has 5 heteroatoms. The number of primary amides is 1. The molecule has 2 aromatic rings. The number of hydrogen-bond acceptors (Lipinski definition) is 3. The number of amides is 2. The molecular formula is C21H24N2O3. The predicted molar refractivity (Wildman–Crippen MR) is 104 cm³/mol. The Morgan fingerprint density at radius 1 is 1.04 bits per heavy atom. The van der Waals surface area contributed by atoms with Crippen LogP contribution in [-0.4, -0.2) is 18.4 Å². The number of anilines is 1. The molecule has 26 heavy (non-hydrogen) atoms. The number of ether oxygens (including phenoxy) is 1. The van der Waals surface area contributed by atoms with E-state index >= 15 is 0 Å². The molecule has 0 saturated heterocycles. The summed E-state index contributed by atoms with van der Waals surface area (Å²) < 4.78 is 5.18. The maximum Gasteiger partial charge on any atom is 0.255 e. The molecule has 0 unspecified atom stereocenters. The summed E-state index contributed by atoms with van der Waals surface area (Å²) in [5.41, 5.74) is 7.91. The van der Waals surface area contributed by atoms with Gasteiger partial charge in [0.25, 0.3) is 5.91 Å². The molecule has 0 radical (unpaired) electrons. The van der Waals surface area contributed by atoms with Gasteiger partial charge >= 0.3 is 0 Å². The summed E-state index contributed by atoms with van der Waals surface area (Å²) in [6.07, 6.45) is 3.17. The maximum atomic E-state index is 12.0. The number of carbonyl (C=O) groups excluding carboxylic acids is 2. The third-order valence-corrected chi connectivity index (χ3v) is 3.71. The van der Waals surface area contributed by atoms with Crippen molar-refractivity contribution in [3.63, 3.8) is 0 Å². The summed E-state index contributed by atoms with van der Waals surface area (Å²) in [5, 5.41) is 2.83. The molecule has 0 spiro atoms. The van der Waals surface area contributed by atoms with Crippen molar-refractivity contribution in [1.82, 2.24) is 0 Å². The molecule has 0 heterocycles. The molecule has 0 aliphatic carbocycles. The van der Waals surface area contributed by atoms with Crippen molar-refractivity contribution in [2.24, 2.45) is 5.73 Å². The number of nitrogens with two attached hydrogens (primary N) is 1. The summed E-state index contributed by atoms with van der Waals surface area (Å²) in [5.74, 6) is -0.187. The molecule has 3 N–H and O–H groups in total. The molecular weight excluding hydrogens is 328 g/mol. The van der Waals surface area contributed by atoms with Crippen LogP contribution >= 0.6 is 0 Å². The lowest BCUT2D eigenvalue weighted by molar-refractivity contribution is -0.120. The van der Waals surface area contributed by atoms with Gasteiger partial charge in [0.05, 0.1) is 0 Å². The normalized spacial score (nSPS) is 11.3. The molecule has 0 fully saturated rings. The second kappa shape index (κ2) is 8.34. The smallest absolute Gasteiger partial charge is 0.255 e. The van der Waals surface area contributed by atoms with E-state index in [1.807, 2.05) is 24.3 Å². The number of carbonyl (C=O) groups is 2. The van der Waals surface area contributed by atoms with Gasteiger partial charge < -0.3 is 15.8 Å². The zero-order valence-electron chi connectivity index (χ0n) is 15.3. The van der Waals surface area contributed by atoms with Gasteiger partial charge in [-0.15, -0.1) is 0 Å². The van der Waals surface area contributed by atoms with Gasteiger partial charge in [-0.25, -0.2) is 0 Å². The summed E-state index contributed by atoms with van der Waals surface area (Å²) in [4.78, 5) is 22.7. The Bertz CT molecular complexity index is 786. The molecule has 2 aromatic carbocycles. The molecule has 0 aliphatic heterocycles. The third kappa shape index (κ3) is 6.09. The maximum absolute atomic E-state index is 12.0. The van der Waals surface area contributed by atoms with Gasteiger partial charge in [-0.2, -0.15) is 0 Å². The van der Waals surface area contributed by atoms with Crippen LogP contribution in [0.25, 0.3) is 6.08 Å². The summed E-state index contributed by atoms with van der Waals surface area (Å²) in [7, 11) is 0. The van der Waals surface area contributed by atoms with Crippen molar-refractivity contribution < 1.29 is 14.3 Å². The lowest BCUT2D eigenvalue weighted by Gasteiger charge is -2.19. The fourth-order valence-corrected chi connectivity index (χ4v) is 2.24. The Kier molecular flexibility index (Phi) is 6.17. The SMILES string of the molecule is CC(C)(C)c1ccc(NC(=O)/C=C/c2ccc(OCC(N)=O)cc2)cc1. The zero-order chi connectivity index (χ0) is 19.2. The lowest BCUT2D eigenvalue weighted by Crippen LogP contribution is -2.19. The van der Waals surface area contributed by atoms with Crippen LogP contribution < -0.4 is 15.8 Å². The third-order valence-electron chi connectivity index (χ3n) is 3.71. The van der Waals surface area contributed by atoms with Gasteiger partial charge in [-0.1, -0.05) is 45.0 Å². The highest BCUT2D eigenvalue weighted by atomic mass is 16.5. The summed E-state index contributed by atoms with van der Waals surface area (Å²) >= 11 is 0. The second-order valence-corrected chi connectivity index (χ2v) is 6.97. The molecule has 5 nitrogen and oxygen atoms in total. The van der Waals surface area contributed by atoms with Crippen molar-refractivity contribution in [1.29, 1.82) is 0 Å². The molecule has 2 rings (SSSR count). The fraction of sp³-hybridized carbons (Fsp3) is 0.238. The minimum absolute atomic E-state index is 0.0791. The van der Waals surface area contributed by atoms with Crippen molar-refractivity contribution in [3.8, 4) is 5.75 Å². The Labute approximate surface area is 153 Å². The minimum atomic E-state index is -0.527. The van der Waals surface area contributed by atoms with Crippen LogP contribution in [0.5, 0.6) is 5.75 Å². The van der Waals surface area contributed by atoms with E-state index in [-0.39, 0.29) is 17.9 Å². The van der Waals surface area contributed by atoms with Crippen LogP contribution in [0.2, 0.25) is 0 Å². The van der Waals surface area contributed by atoms with Crippen LogP contribution in [0.15, 0.2) is 54.6 Å². The average molecular weight is 352 g/mol. The Hall–Kier alpha value is -3.08. The molecule has 0 bridgehead atoms. The van der Waals surface area contributed by atoms with Gasteiger partial charge in [-0.05, 0) is 46.9 Å². The molecule has 2 amide bonds. The zero-order valence-corrected chi connectivity index (χ0v) is 15.3. The first kappa shape index (κ1) is 19.2. The van der Waals surface area contributed by atoms with Gasteiger partial charge in [0.1, 0.15) is 5.75 Å². The largest absolute Gasteiger partial charge is 0.484 e. The quantitative estimate of drug-likeness (QED) is 0.781. The Morgan fingerprint density at radius 3 is 2.19 bits per heavy atom. The fourth-order valence-electron chi connectivity index (χ4n) is 2.24. The van der Waals surface area contributed by atoms with Crippen LogP contribution in [0.1, 0.15) is 31.9 Å². The van der Waals surface area contributed by atoms with E-state index in [1.165, 1.54) is 11.6 Å². The van der Waals surface area contributed by atoms with E-state index in [0.29, 0.717) is 5.75 Å². The molecule has 0 atom stereocenters. The first-order chi connectivity index (χ1) is 12.2. The summed E-state index contributed by atoms with van der Waals surface area (Å²) in [6, 6.07) is 14.8. The number of hydrogen-bond donors (Lipinski definition) is 2. The Balaban J connectivity index is 1.91. The van der Waals surface area contributed by atoms with Crippen LogP contribution in [0.3, 0.4) is 0 Å². The molecule has 136 valence electrons. The van der Waals surface area contributed by atoms with Crippen LogP contribution in [0, 0.1) is 0 Å². The second-order valence-electron chi connectivity index (χ2n) is 6.97. The summed E-state index contributed by atoms with van der Waals surface area (Å²) in [6.45, 7) is 6.28. The number of nitrogens with one attached hydrogen (secondary N) is 1. The van der Waals surface area contributed by atoms with E-state index in [0.717, 1.165) is 11.3 Å². The van der Waals surface area contributed by atoms with Gasteiger partial charge in [-0.3, -0.25) is 9.59 Å². The van der Waals surface area contributed by atoms with E-state index in [1.54, 1.807) is 30.3 Å². The monoisotopic (exact) mass is 352 g/mol. The van der Waals surface area contributed by atoms with E-state index < -0.39 is 5.91 Å². The van der Waals surface area contributed by atoms with Crippen molar-refractivity contribution in [2.75, 3.05) is 11.9 Å². The van der Waals surface area contributed by atoms with Crippen molar-refractivity contribution in [3.05, 3.63) is 65.7 Å². The highest BCUT2D eigenvalue weighted by molar-refractivity contribution is 6.01. The van der Waals surface area contributed by atoms with Crippen LogP contribution in [0.4, 0.5) is 5.69 Å². The number of benzene rings is 2. The molecule has 0 aromatic heterocycles. The van der Waals surface area contributed by atoms with Crippen molar-refractivity contribution >= 4 is 23.6 Å². The van der Waals surface area contributed by atoms with Crippen molar-refractivity contribution in [2.45, 2.75) is 26.2 Å². The first-order valence-electron chi connectivity index (χ1n) is 8.35. The lowest BCUT2D eigenvalue weighted by atomic mass is 9.87. The van der Waals surface area contributed by atoms with Crippen LogP contribution in [-0.2, 0) is 15.0 Å². The van der Waals surface area contributed by atoms with Gasteiger partial charge in [0.15, 0.2) is 6.61 Å². The minimum Gasteiger partial charge on any atom is -0.484 e.